The highest BCUT2D eigenvalue weighted by Gasteiger charge is 2.22. The normalized spacial score (nSPS) is 12.5. The molecule has 0 aliphatic rings. The molecule has 0 amide bonds. The van der Waals surface area contributed by atoms with Crippen LogP contribution in [0.3, 0.4) is 0 Å². The van der Waals surface area contributed by atoms with Gasteiger partial charge in [0.1, 0.15) is 6.61 Å². The van der Waals surface area contributed by atoms with Gasteiger partial charge in [-0.1, -0.05) is 180 Å². The Balaban J connectivity index is 3.88. The van der Waals surface area contributed by atoms with Crippen LogP contribution in [0.2, 0.25) is 0 Å². The molecular formula is C41H79O8P. The minimum absolute atomic E-state index is 0.211. The number of carbonyl (C=O) groups excluding carboxylic acids is 2. The van der Waals surface area contributed by atoms with Crippen molar-refractivity contribution in [3.8, 4) is 0 Å². The highest BCUT2D eigenvalue weighted by molar-refractivity contribution is 7.46. The minimum Gasteiger partial charge on any atom is -0.462 e. The fraction of sp³-hybridized carbons (Fsp3) is 0.902. The third-order valence-corrected chi connectivity index (χ3v) is 9.77. The zero-order chi connectivity index (χ0) is 36.8. The molecular weight excluding hydrogens is 651 g/mol. The predicted octanol–water partition coefficient (Wildman–Crippen LogP) is 12.6. The van der Waals surface area contributed by atoms with Crippen LogP contribution in [0.25, 0.3) is 0 Å². The molecule has 0 aromatic heterocycles. The third kappa shape index (κ3) is 39.6. The number of phosphoric acid groups is 1. The molecule has 9 heteroatoms. The van der Waals surface area contributed by atoms with Crippen molar-refractivity contribution in [1.82, 2.24) is 0 Å². The third-order valence-electron chi connectivity index (χ3n) is 9.28. The van der Waals surface area contributed by atoms with E-state index in [1.54, 1.807) is 0 Å². The number of rotatable bonds is 39. The molecule has 8 nitrogen and oxygen atoms in total. The lowest BCUT2D eigenvalue weighted by Crippen LogP contribution is -2.29. The SMILES string of the molecule is CCCCCCCCCC/C=C\CCCCCCCCCC(=O)O[C@H](COC(=O)CCCCCCCCCCCCCCC)COP(=O)(O)O. The standard InChI is InChI=1S/C41H79O8P/c1-3-5-7-9-11-13-15-17-18-19-20-21-22-24-26-28-30-32-34-36-41(43)49-39(38-48-50(44,45)46)37-47-40(42)35-33-31-29-27-25-23-16-14-12-10-8-6-4-2/h19-20,39H,3-18,21-38H2,1-2H3,(H2,44,45,46)/b20-19-/t39-/m1/s1. The molecule has 0 unspecified atom stereocenters. The summed E-state index contributed by atoms with van der Waals surface area (Å²) in [6.07, 6.45) is 40.7. The molecule has 0 saturated heterocycles. The van der Waals surface area contributed by atoms with Crippen molar-refractivity contribution in [2.45, 2.75) is 225 Å². The summed E-state index contributed by atoms with van der Waals surface area (Å²) in [5, 5.41) is 0. The van der Waals surface area contributed by atoms with Crippen molar-refractivity contribution in [3.05, 3.63) is 12.2 Å². The molecule has 0 spiro atoms. The van der Waals surface area contributed by atoms with Crippen LogP contribution in [-0.2, 0) is 28.2 Å². The Bertz CT molecular complexity index is 827. The molecule has 1 atom stereocenters. The highest BCUT2D eigenvalue weighted by atomic mass is 31.2. The van der Waals surface area contributed by atoms with E-state index in [0.29, 0.717) is 6.42 Å². The Morgan fingerprint density at radius 1 is 0.500 bits per heavy atom. The van der Waals surface area contributed by atoms with E-state index in [0.717, 1.165) is 44.9 Å². The molecule has 0 aromatic rings. The monoisotopic (exact) mass is 731 g/mol. The van der Waals surface area contributed by atoms with Crippen molar-refractivity contribution in [3.63, 3.8) is 0 Å². The number of phosphoric ester groups is 1. The summed E-state index contributed by atoms with van der Waals surface area (Å²) in [6.45, 7) is 3.70. The lowest BCUT2D eigenvalue weighted by Gasteiger charge is -2.18. The number of carbonyl (C=O) groups is 2. The fourth-order valence-electron chi connectivity index (χ4n) is 6.13. The van der Waals surface area contributed by atoms with Crippen LogP contribution in [0.1, 0.15) is 219 Å². The van der Waals surface area contributed by atoms with Gasteiger partial charge in [-0.05, 0) is 38.5 Å². The summed E-state index contributed by atoms with van der Waals surface area (Å²) >= 11 is 0. The first-order valence-corrected chi connectivity index (χ1v) is 22.5. The summed E-state index contributed by atoms with van der Waals surface area (Å²) in [5.41, 5.74) is 0. The van der Waals surface area contributed by atoms with Crippen molar-refractivity contribution in [2.75, 3.05) is 13.2 Å². The second-order valence-electron chi connectivity index (χ2n) is 14.3. The van der Waals surface area contributed by atoms with Crippen molar-refractivity contribution in [1.29, 1.82) is 0 Å². The molecule has 0 radical (unpaired) electrons. The van der Waals surface area contributed by atoms with Gasteiger partial charge in [0.25, 0.3) is 0 Å². The first-order chi connectivity index (χ1) is 24.3. The molecule has 50 heavy (non-hydrogen) atoms. The summed E-state index contributed by atoms with van der Waals surface area (Å²) < 4.78 is 26.4. The molecule has 0 bridgehead atoms. The van der Waals surface area contributed by atoms with E-state index in [1.165, 1.54) is 141 Å². The Morgan fingerprint density at radius 2 is 0.840 bits per heavy atom. The highest BCUT2D eigenvalue weighted by Crippen LogP contribution is 2.36. The van der Waals surface area contributed by atoms with Crippen LogP contribution >= 0.6 is 7.82 Å². The van der Waals surface area contributed by atoms with E-state index < -0.39 is 32.5 Å². The maximum absolute atomic E-state index is 12.4. The van der Waals surface area contributed by atoms with Crippen molar-refractivity contribution >= 4 is 19.8 Å². The van der Waals surface area contributed by atoms with Gasteiger partial charge in [-0.2, -0.15) is 0 Å². The molecule has 0 aliphatic carbocycles. The predicted molar refractivity (Wildman–Crippen MR) is 207 cm³/mol. The van der Waals surface area contributed by atoms with Gasteiger partial charge in [0.15, 0.2) is 6.10 Å². The van der Waals surface area contributed by atoms with Crippen LogP contribution in [0.15, 0.2) is 12.2 Å². The molecule has 0 aromatic carbocycles. The van der Waals surface area contributed by atoms with Gasteiger partial charge >= 0.3 is 19.8 Å². The Hall–Kier alpha value is -1.21. The topological polar surface area (TPSA) is 119 Å². The second-order valence-corrected chi connectivity index (χ2v) is 15.6. The van der Waals surface area contributed by atoms with E-state index >= 15 is 0 Å². The fourth-order valence-corrected chi connectivity index (χ4v) is 6.49. The quantitative estimate of drug-likeness (QED) is 0.0278. The van der Waals surface area contributed by atoms with Gasteiger partial charge in [-0.3, -0.25) is 14.1 Å². The molecule has 0 heterocycles. The van der Waals surface area contributed by atoms with Gasteiger partial charge in [0.05, 0.1) is 6.61 Å². The average Bonchev–Trinajstić information content (AvgIpc) is 3.08. The number of esters is 2. The number of hydrogen-bond donors (Lipinski definition) is 2. The lowest BCUT2D eigenvalue weighted by atomic mass is 10.0. The average molecular weight is 731 g/mol. The summed E-state index contributed by atoms with van der Waals surface area (Å²) in [4.78, 5) is 42.8. The largest absolute Gasteiger partial charge is 0.469 e. The van der Waals surface area contributed by atoms with Gasteiger partial charge in [0.2, 0.25) is 0 Å². The first kappa shape index (κ1) is 48.8. The molecule has 0 saturated carbocycles. The number of allylic oxidation sites excluding steroid dienone is 2. The van der Waals surface area contributed by atoms with Crippen LogP contribution < -0.4 is 0 Å². The lowest BCUT2D eigenvalue weighted by molar-refractivity contribution is -0.161. The van der Waals surface area contributed by atoms with E-state index in [9.17, 15) is 14.2 Å². The zero-order valence-corrected chi connectivity index (χ0v) is 33.5. The molecule has 2 N–H and O–H groups in total. The molecule has 296 valence electrons. The van der Waals surface area contributed by atoms with Crippen molar-refractivity contribution in [2.24, 2.45) is 0 Å². The van der Waals surface area contributed by atoms with Crippen LogP contribution in [-0.4, -0.2) is 41.0 Å². The number of ether oxygens (including phenoxy) is 2. The Labute approximate surface area is 307 Å². The minimum atomic E-state index is -4.75. The summed E-state index contributed by atoms with van der Waals surface area (Å²) in [6, 6.07) is 0. The summed E-state index contributed by atoms with van der Waals surface area (Å²) in [7, 11) is -4.75. The maximum Gasteiger partial charge on any atom is 0.469 e. The Morgan fingerprint density at radius 3 is 1.22 bits per heavy atom. The van der Waals surface area contributed by atoms with Gasteiger partial charge < -0.3 is 19.3 Å². The van der Waals surface area contributed by atoms with E-state index in [4.69, 9.17) is 19.3 Å². The number of unbranched alkanes of at least 4 members (excludes halogenated alkanes) is 27. The summed E-state index contributed by atoms with van der Waals surface area (Å²) in [5.74, 6) is -0.879. The zero-order valence-electron chi connectivity index (χ0n) is 32.6. The smallest absolute Gasteiger partial charge is 0.462 e. The molecule has 0 fully saturated rings. The van der Waals surface area contributed by atoms with Gasteiger partial charge in [-0.15, -0.1) is 0 Å². The first-order valence-electron chi connectivity index (χ1n) is 21.0. The van der Waals surface area contributed by atoms with Gasteiger partial charge in [0, 0.05) is 12.8 Å². The molecule has 0 rings (SSSR count). The maximum atomic E-state index is 12.4. The van der Waals surface area contributed by atoms with Gasteiger partial charge in [-0.25, -0.2) is 4.57 Å². The van der Waals surface area contributed by atoms with Crippen LogP contribution in [0.5, 0.6) is 0 Å². The van der Waals surface area contributed by atoms with E-state index in [2.05, 4.69) is 30.5 Å². The van der Waals surface area contributed by atoms with Crippen molar-refractivity contribution < 1.29 is 37.9 Å². The van der Waals surface area contributed by atoms with Crippen LogP contribution in [0.4, 0.5) is 0 Å². The van der Waals surface area contributed by atoms with E-state index in [-0.39, 0.29) is 19.4 Å². The Kier molecular flexibility index (Phi) is 36.6. The second kappa shape index (κ2) is 37.5. The van der Waals surface area contributed by atoms with Crippen LogP contribution in [0, 0.1) is 0 Å². The molecule has 0 aliphatic heterocycles. The number of hydrogen-bond acceptors (Lipinski definition) is 6. The van der Waals surface area contributed by atoms with E-state index in [1.807, 2.05) is 0 Å².